The van der Waals surface area contributed by atoms with Gasteiger partial charge in [0, 0.05) is 24.4 Å². The standard InChI is InChI=1S/C27H36N4O5/c1-18(2)16-23(31-27(35)36-15-13-20-10-6-7-14-28-20)25(33)30-22(17-19-8-4-3-5-9-19)24(32)26(34)29-21-11-12-21/h3-10,14,18,21-24,32H,11-13,15-17H2,1-2H3,(H,29,34)(H,30,33)(H,31,35). The lowest BCUT2D eigenvalue weighted by molar-refractivity contribution is -0.132. The summed E-state index contributed by atoms with van der Waals surface area (Å²) in [5.41, 5.74) is 1.66. The molecule has 1 aliphatic rings. The number of amides is 3. The zero-order valence-corrected chi connectivity index (χ0v) is 20.9. The van der Waals surface area contributed by atoms with Crippen LogP contribution in [0.5, 0.6) is 0 Å². The van der Waals surface area contributed by atoms with Crippen molar-refractivity contribution in [1.82, 2.24) is 20.9 Å². The van der Waals surface area contributed by atoms with Gasteiger partial charge in [0.25, 0.3) is 5.91 Å². The Labute approximate surface area is 212 Å². The van der Waals surface area contributed by atoms with Crippen molar-refractivity contribution < 1.29 is 24.2 Å². The summed E-state index contributed by atoms with van der Waals surface area (Å²) in [4.78, 5) is 42.4. The van der Waals surface area contributed by atoms with Gasteiger partial charge in [-0.1, -0.05) is 50.2 Å². The first kappa shape index (κ1) is 27.1. The van der Waals surface area contributed by atoms with E-state index >= 15 is 0 Å². The quantitative estimate of drug-likeness (QED) is 0.336. The minimum atomic E-state index is -1.43. The molecule has 9 nitrogen and oxygen atoms in total. The number of hydrogen-bond donors (Lipinski definition) is 4. The molecule has 1 heterocycles. The highest BCUT2D eigenvalue weighted by atomic mass is 16.5. The second-order valence-corrected chi connectivity index (χ2v) is 9.57. The molecule has 3 unspecified atom stereocenters. The van der Waals surface area contributed by atoms with Crippen LogP contribution < -0.4 is 16.0 Å². The molecule has 0 bridgehead atoms. The van der Waals surface area contributed by atoms with E-state index in [-0.39, 0.29) is 25.0 Å². The van der Waals surface area contributed by atoms with Gasteiger partial charge in [0.2, 0.25) is 5.91 Å². The first-order chi connectivity index (χ1) is 17.3. The summed E-state index contributed by atoms with van der Waals surface area (Å²) in [7, 11) is 0. The molecule has 1 aromatic carbocycles. The van der Waals surface area contributed by atoms with Gasteiger partial charge in [0.05, 0.1) is 12.6 Å². The molecule has 1 aliphatic carbocycles. The Morgan fingerprint density at radius 3 is 2.39 bits per heavy atom. The Morgan fingerprint density at radius 2 is 1.75 bits per heavy atom. The molecule has 0 spiro atoms. The number of pyridine rings is 1. The number of aliphatic hydroxyl groups excluding tert-OH is 1. The minimum absolute atomic E-state index is 0.0800. The van der Waals surface area contributed by atoms with Gasteiger partial charge in [-0.25, -0.2) is 4.79 Å². The Kier molecular flexibility index (Phi) is 10.2. The number of nitrogens with zero attached hydrogens (tertiary/aromatic N) is 1. The minimum Gasteiger partial charge on any atom is -0.449 e. The van der Waals surface area contributed by atoms with Crippen molar-refractivity contribution in [3.63, 3.8) is 0 Å². The first-order valence-electron chi connectivity index (χ1n) is 12.5. The maximum atomic E-state index is 13.2. The average Bonchev–Trinajstić information content (AvgIpc) is 3.67. The summed E-state index contributed by atoms with van der Waals surface area (Å²) in [5.74, 6) is -0.893. The number of carbonyl (C=O) groups is 3. The molecule has 1 fully saturated rings. The van der Waals surface area contributed by atoms with Crippen molar-refractivity contribution >= 4 is 17.9 Å². The van der Waals surface area contributed by atoms with Crippen LogP contribution in [0.2, 0.25) is 0 Å². The molecule has 3 amide bonds. The molecule has 2 aromatic rings. The van der Waals surface area contributed by atoms with E-state index in [2.05, 4.69) is 20.9 Å². The normalized spacial score (nSPS) is 15.4. The summed E-state index contributed by atoms with van der Waals surface area (Å²) in [6.45, 7) is 4.00. The summed E-state index contributed by atoms with van der Waals surface area (Å²) in [6.07, 6.45) is 2.38. The predicted octanol–water partition coefficient (Wildman–Crippen LogP) is 2.13. The number of hydrogen-bond acceptors (Lipinski definition) is 6. The van der Waals surface area contributed by atoms with E-state index < -0.39 is 36.1 Å². The summed E-state index contributed by atoms with van der Waals surface area (Å²) < 4.78 is 5.26. The van der Waals surface area contributed by atoms with Crippen molar-refractivity contribution in [1.29, 1.82) is 0 Å². The van der Waals surface area contributed by atoms with Gasteiger partial charge in [-0.15, -0.1) is 0 Å². The number of aromatic nitrogens is 1. The van der Waals surface area contributed by atoms with Crippen molar-refractivity contribution in [2.75, 3.05) is 6.61 Å². The van der Waals surface area contributed by atoms with Crippen LogP contribution in [0.4, 0.5) is 4.79 Å². The number of alkyl carbamates (subject to hydrolysis) is 1. The monoisotopic (exact) mass is 496 g/mol. The molecule has 3 atom stereocenters. The molecule has 3 rings (SSSR count). The van der Waals surface area contributed by atoms with Crippen LogP contribution in [-0.2, 0) is 27.2 Å². The molecule has 194 valence electrons. The second kappa shape index (κ2) is 13.6. The van der Waals surface area contributed by atoms with Gasteiger partial charge in [0.15, 0.2) is 6.10 Å². The third-order valence-corrected chi connectivity index (χ3v) is 5.83. The van der Waals surface area contributed by atoms with E-state index in [1.165, 1.54) is 0 Å². The van der Waals surface area contributed by atoms with Crippen molar-refractivity contribution in [2.45, 2.75) is 70.2 Å². The molecule has 0 saturated heterocycles. The largest absolute Gasteiger partial charge is 0.449 e. The highest BCUT2D eigenvalue weighted by Crippen LogP contribution is 2.19. The van der Waals surface area contributed by atoms with Crippen molar-refractivity contribution in [3.05, 3.63) is 66.0 Å². The van der Waals surface area contributed by atoms with E-state index in [9.17, 15) is 19.5 Å². The van der Waals surface area contributed by atoms with Crippen LogP contribution >= 0.6 is 0 Å². The van der Waals surface area contributed by atoms with Crippen LogP contribution in [0.25, 0.3) is 0 Å². The fourth-order valence-electron chi connectivity index (χ4n) is 3.77. The van der Waals surface area contributed by atoms with Crippen LogP contribution in [0.3, 0.4) is 0 Å². The predicted molar refractivity (Wildman–Crippen MR) is 135 cm³/mol. The van der Waals surface area contributed by atoms with Crippen LogP contribution in [-0.4, -0.2) is 58.8 Å². The molecular weight excluding hydrogens is 460 g/mol. The number of ether oxygens (including phenoxy) is 1. The molecule has 9 heteroatoms. The van der Waals surface area contributed by atoms with Gasteiger partial charge in [-0.2, -0.15) is 0 Å². The maximum absolute atomic E-state index is 13.2. The van der Waals surface area contributed by atoms with E-state index in [1.807, 2.05) is 62.4 Å². The molecule has 1 saturated carbocycles. The molecule has 0 aliphatic heterocycles. The van der Waals surface area contributed by atoms with Crippen LogP contribution in [0.15, 0.2) is 54.7 Å². The third-order valence-electron chi connectivity index (χ3n) is 5.83. The molecular formula is C27H36N4O5. The number of aliphatic hydroxyl groups is 1. The van der Waals surface area contributed by atoms with E-state index in [1.54, 1.807) is 6.20 Å². The molecule has 36 heavy (non-hydrogen) atoms. The number of carbonyl (C=O) groups excluding carboxylic acids is 3. The lowest BCUT2D eigenvalue weighted by atomic mass is 9.98. The highest BCUT2D eigenvalue weighted by molar-refractivity contribution is 5.87. The Balaban J connectivity index is 1.62. The van der Waals surface area contributed by atoms with Gasteiger partial charge < -0.3 is 25.8 Å². The van der Waals surface area contributed by atoms with E-state index in [4.69, 9.17) is 4.74 Å². The Hall–Kier alpha value is -3.46. The Morgan fingerprint density at radius 1 is 1.03 bits per heavy atom. The van der Waals surface area contributed by atoms with E-state index in [0.29, 0.717) is 12.8 Å². The SMILES string of the molecule is CC(C)CC(NC(=O)OCCc1ccccn1)C(=O)NC(Cc1ccccc1)C(O)C(=O)NC1CC1. The smallest absolute Gasteiger partial charge is 0.407 e. The van der Waals surface area contributed by atoms with Gasteiger partial charge >= 0.3 is 6.09 Å². The summed E-state index contributed by atoms with van der Waals surface area (Å²) in [6, 6.07) is 13.2. The lowest BCUT2D eigenvalue weighted by Crippen LogP contribution is -2.56. The molecule has 0 radical (unpaired) electrons. The highest BCUT2D eigenvalue weighted by Gasteiger charge is 2.34. The molecule has 1 aromatic heterocycles. The first-order valence-corrected chi connectivity index (χ1v) is 12.5. The number of rotatable bonds is 13. The zero-order valence-electron chi connectivity index (χ0n) is 20.9. The van der Waals surface area contributed by atoms with Gasteiger partial charge in [-0.3, -0.25) is 14.6 Å². The van der Waals surface area contributed by atoms with Gasteiger partial charge in [0.1, 0.15) is 6.04 Å². The molecule has 4 N–H and O–H groups in total. The summed E-state index contributed by atoms with van der Waals surface area (Å²) in [5, 5.41) is 19.0. The van der Waals surface area contributed by atoms with Crippen LogP contribution in [0, 0.1) is 5.92 Å². The Bertz CT molecular complexity index is 982. The van der Waals surface area contributed by atoms with Crippen molar-refractivity contribution in [3.8, 4) is 0 Å². The number of benzene rings is 1. The fraction of sp³-hybridized carbons (Fsp3) is 0.481. The van der Waals surface area contributed by atoms with Crippen LogP contribution in [0.1, 0.15) is 44.4 Å². The van der Waals surface area contributed by atoms with Crippen molar-refractivity contribution in [2.24, 2.45) is 5.92 Å². The maximum Gasteiger partial charge on any atom is 0.407 e. The lowest BCUT2D eigenvalue weighted by Gasteiger charge is -2.27. The topological polar surface area (TPSA) is 130 Å². The fourth-order valence-corrected chi connectivity index (χ4v) is 3.77. The zero-order chi connectivity index (χ0) is 25.9. The van der Waals surface area contributed by atoms with E-state index in [0.717, 1.165) is 24.1 Å². The number of nitrogens with one attached hydrogen (secondary N) is 3. The summed E-state index contributed by atoms with van der Waals surface area (Å²) >= 11 is 0. The van der Waals surface area contributed by atoms with Gasteiger partial charge in [-0.05, 0) is 49.3 Å². The third kappa shape index (κ3) is 9.30. The average molecular weight is 497 g/mol. The second-order valence-electron chi connectivity index (χ2n) is 9.57.